The molecule has 0 saturated heterocycles. The monoisotopic (exact) mass is 260 g/mol. The highest BCUT2D eigenvalue weighted by atomic mass is 32.2. The molecule has 1 fully saturated rings. The van der Waals surface area contributed by atoms with Gasteiger partial charge in [-0.25, -0.2) is 0 Å². The lowest BCUT2D eigenvalue weighted by molar-refractivity contribution is -0.118. The minimum Gasteiger partial charge on any atom is -0.358 e. The first kappa shape index (κ1) is 14.6. The summed E-state index contributed by atoms with van der Waals surface area (Å²) in [6.07, 6.45) is 5.60. The average Bonchev–Trinajstić information content (AvgIpc) is 2.55. The van der Waals surface area contributed by atoms with Crippen molar-refractivity contribution in [3.05, 3.63) is 0 Å². The van der Waals surface area contributed by atoms with E-state index in [0.29, 0.717) is 6.04 Å². The molecular formula is C12H24N2O2S. The van der Waals surface area contributed by atoms with E-state index in [4.69, 9.17) is 0 Å². The number of hydrogen-bond acceptors (Lipinski definition) is 3. The zero-order valence-corrected chi connectivity index (χ0v) is 11.6. The van der Waals surface area contributed by atoms with Crippen LogP contribution in [0, 0.1) is 0 Å². The van der Waals surface area contributed by atoms with Crippen LogP contribution in [0.25, 0.3) is 0 Å². The molecule has 1 saturated carbocycles. The Morgan fingerprint density at radius 1 is 1.29 bits per heavy atom. The van der Waals surface area contributed by atoms with E-state index < -0.39 is 10.8 Å². The van der Waals surface area contributed by atoms with Gasteiger partial charge in [-0.05, 0) is 19.4 Å². The highest BCUT2D eigenvalue weighted by Crippen LogP contribution is 2.22. The van der Waals surface area contributed by atoms with Gasteiger partial charge in [0.25, 0.3) is 0 Å². The molecule has 1 amide bonds. The highest BCUT2D eigenvalue weighted by Gasteiger charge is 2.28. The summed E-state index contributed by atoms with van der Waals surface area (Å²) in [6, 6.07) is 0.313. The predicted octanol–water partition coefficient (Wildman–Crippen LogP) is 0.792. The first-order valence-electron chi connectivity index (χ1n) is 6.50. The molecule has 5 heteroatoms. The Hall–Kier alpha value is -0.420. The minimum absolute atomic E-state index is 0.122. The van der Waals surface area contributed by atoms with E-state index in [9.17, 15) is 9.00 Å². The second kappa shape index (κ2) is 7.82. The second-order valence-electron chi connectivity index (χ2n) is 4.54. The summed E-state index contributed by atoms with van der Waals surface area (Å²) in [5.74, 6) is 0.0195. The topological polar surface area (TPSA) is 58.2 Å². The smallest absolute Gasteiger partial charge is 0.232 e. The normalized spacial score (nSPS) is 27.2. The predicted molar refractivity (Wildman–Crippen MR) is 71.4 cm³/mol. The van der Waals surface area contributed by atoms with E-state index in [-0.39, 0.29) is 16.9 Å². The van der Waals surface area contributed by atoms with Crippen molar-refractivity contribution in [2.45, 2.75) is 50.3 Å². The highest BCUT2D eigenvalue weighted by molar-refractivity contribution is 7.86. The molecule has 0 radical (unpaired) electrons. The number of nitrogens with one attached hydrogen (secondary N) is 2. The van der Waals surface area contributed by atoms with E-state index in [0.717, 1.165) is 25.8 Å². The quantitative estimate of drug-likeness (QED) is 0.719. The van der Waals surface area contributed by atoms with Crippen molar-refractivity contribution in [1.29, 1.82) is 0 Å². The Kier molecular flexibility index (Phi) is 6.73. The van der Waals surface area contributed by atoms with Crippen LogP contribution < -0.4 is 10.6 Å². The van der Waals surface area contributed by atoms with E-state index in [1.54, 1.807) is 7.05 Å². The van der Waals surface area contributed by atoms with Gasteiger partial charge in [0, 0.05) is 23.9 Å². The van der Waals surface area contributed by atoms with Gasteiger partial charge in [0.1, 0.15) is 5.75 Å². The Morgan fingerprint density at radius 2 is 2.00 bits per heavy atom. The minimum atomic E-state index is -1.05. The van der Waals surface area contributed by atoms with Crippen molar-refractivity contribution in [2.24, 2.45) is 0 Å². The van der Waals surface area contributed by atoms with Gasteiger partial charge in [-0.3, -0.25) is 9.00 Å². The van der Waals surface area contributed by atoms with Crippen molar-refractivity contribution in [1.82, 2.24) is 10.6 Å². The van der Waals surface area contributed by atoms with Gasteiger partial charge >= 0.3 is 0 Å². The standard InChI is InChI=1S/C12H24N2O2S/c1-3-14-10-7-5-4-6-8-11(10)17(16)9-12(15)13-2/h10-11,14H,3-9H2,1-2H3,(H,13,15). The Morgan fingerprint density at radius 3 is 2.65 bits per heavy atom. The molecule has 1 aliphatic carbocycles. The number of carbonyl (C=O) groups excluding carboxylic acids is 1. The van der Waals surface area contributed by atoms with Crippen LogP contribution >= 0.6 is 0 Å². The lowest BCUT2D eigenvalue weighted by Gasteiger charge is -2.25. The van der Waals surface area contributed by atoms with Crippen LogP contribution in [0.4, 0.5) is 0 Å². The maximum Gasteiger partial charge on any atom is 0.232 e. The van der Waals surface area contributed by atoms with Crippen molar-refractivity contribution in [2.75, 3.05) is 19.3 Å². The van der Waals surface area contributed by atoms with Crippen LogP contribution in [0.2, 0.25) is 0 Å². The molecule has 3 unspecified atom stereocenters. The van der Waals surface area contributed by atoms with Gasteiger partial charge in [-0.1, -0.05) is 26.2 Å². The van der Waals surface area contributed by atoms with Crippen molar-refractivity contribution in [3.8, 4) is 0 Å². The Balaban J connectivity index is 2.61. The molecule has 0 spiro atoms. The third-order valence-electron chi connectivity index (χ3n) is 3.31. The van der Waals surface area contributed by atoms with Crippen LogP contribution in [-0.2, 0) is 15.6 Å². The molecule has 2 N–H and O–H groups in total. The summed E-state index contributed by atoms with van der Waals surface area (Å²) >= 11 is 0. The van der Waals surface area contributed by atoms with Crippen LogP contribution in [-0.4, -0.2) is 40.8 Å². The number of carbonyl (C=O) groups is 1. The maximum atomic E-state index is 12.2. The van der Waals surface area contributed by atoms with Gasteiger partial charge in [0.15, 0.2) is 0 Å². The molecular weight excluding hydrogens is 236 g/mol. The van der Waals surface area contributed by atoms with Crippen molar-refractivity contribution >= 4 is 16.7 Å². The average molecular weight is 260 g/mol. The fourth-order valence-electron chi connectivity index (χ4n) is 2.39. The first-order valence-corrected chi connectivity index (χ1v) is 7.88. The van der Waals surface area contributed by atoms with E-state index >= 15 is 0 Å². The summed E-state index contributed by atoms with van der Waals surface area (Å²) in [5.41, 5.74) is 0. The lowest BCUT2D eigenvalue weighted by Crippen LogP contribution is -2.43. The number of hydrogen-bond donors (Lipinski definition) is 2. The molecule has 0 aromatic rings. The SMILES string of the molecule is CCNC1CCCCCC1S(=O)CC(=O)NC. The molecule has 0 bridgehead atoms. The molecule has 3 atom stereocenters. The fraction of sp³-hybridized carbons (Fsp3) is 0.917. The van der Waals surface area contributed by atoms with Crippen LogP contribution in [0.15, 0.2) is 0 Å². The molecule has 0 aliphatic heterocycles. The zero-order valence-electron chi connectivity index (χ0n) is 10.8. The summed E-state index contributed by atoms with van der Waals surface area (Å²) in [6.45, 7) is 2.97. The van der Waals surface area contributed by atoms with Crippen molar-refractivity contribution in [3.63, 3.8) is 0 Å². The second-order valence-corrected chi connectivity index (χ2v) is 6.19. The molecule has 0 aromatic heterocycles. The van der Waals surface area contributed by atoms with Crippen LogP contribution in [0.3, 0.4) is 0 Å². The van der Waals surface area contributed by atoms with Crippen molar-refractivity contribution < 1.29 is 9.00 Å². The zero-order chi connectivity index (χ0) is 12.7. The van der Waals surface area contributed by atoms with E-state index in [1.807, 2.05) is 0 Å². The number of rotatable bonds is 5. The summed E-state index contributed by atoms with van der Waals surface area (Å²) in [7, 11) is 0.538. The largest absolute Gasteiger partial charge is 0.358 e. The third kappa shape index (κ3) is 4.76. The van der Waals surface area contributed by atoms with Gasteiger partial charge < -0.3 is 10.6 Å². The molecule has 100 valence electrons. The molecule has 17 heavy (non-hydrogen) atoms. The Labute approximate surface area is 106 Å². The maximum absolute atomic E-state index is 12.2. The van der Waals surface area contributed by atoms with Gasteiger partial charge in [0.2, 0.25) is 5.91 Å². The third-order valence-corrected chi connectivity index (χ3v) is 5.10. The molecule has 4 nitrogen and oxygen atoms in total. The number of amides is 1. The Bertz CT molecular complexity index is 271. The van der Waals surface area contributed by atoms with Crippen LogP contribution in [0.5, 0.6) is 0 Å². The molecule has 1 rings (SSSR count). The fourth-order valence-corrected chi connectivity index (χ4v) is 4.04. The van der Waals surface area contributed by atoms with Gasteiger partial charge in [-0.2, -0.15) is 0 Å². The first-order chi connectivity index (χ1) is 8.19. The summed E-state index contributed by atoms with van der Waals surface area (Å²) < 4.78 is 12.2. The lowest BCUT2D eigenvalue weighted by atomic mass is 10.1. The van der Waals surface area contributed by atoms with Gasteiger partial charge in [0.05, 0.1) is 5.25 Å². The van der Waals surface area contributed by atoms with Crippen LogP contribution in [0.1, 0.15) is 39.0 Å². The molecule has 1 aliphatic rings. The van der Waals surface area contributed by atoms with Gasteiger partial charge in [-0.15, -0.1) is 0 Å². The summed E-state index contributed by atoms with van der Waals surface area (Å²) in [5, 5.41) is 6.10. The van der Waals surface area contributed by atoms with E-state index in [2.05, 4.69) is 17.6 Å². The molecule has 0 heterocycles. The molecule has 0 aromatic carbocycles. The summed E-state index contributed by atoms with van der Waals surface area (Å²) in [4.78, 5) is 11.3. The van der Waals surface area contributed by atoms with E-state index in [1.165, 1.54) is 12.8 Å².